The fourth-order valence-corrected chi connectivity index (χ4v) is 4.82. The standard InChI is InChI=1S/C28H33FN4O3/c1-20-6-8-21(9-7-20)26-18-25(23-4-2-3-5-24(23)29)30-33(26)27(34)19-32(28(35)22-10-11-22)13-12-31-14-16-36-17-15-31/h2-9,22,26H,10-19H2,1H3/t26-/m0/s1. The molecule has 2 aromatic rings. The molecule has 2 heterocycles. The molecule has 1 atom stereocenters. The van der Waals surface area contributed by atoms with Crippen molar-refractivity contribution < 1.29 is 18.7 Å². The van der Waals surface area contributed by atoms with E-state index in [-0.39, 0.29) is 36.1 Å². The summed E-state index contributed by atoms with van der Waals surface area (Å²) in [5.41, 5.74) is 3.01. The fraction of sp³-hybridized carbons (Fsp3) is 0.464. The lowest BCUT2D eigenvalue weighted by atomic mass is 9.97. The maximum Gasteiger partial charge on any atom is 0.262 e. The lowest BCUT2D eigenvalue weighted by Crippen LogP contribution is -2.47. The lowest BCUT2D eigenvalue weighted by molar-refractivity contribution is -0.142. The molecule has 2 fully saturated rings. The van der Waals surface area contributed by atoms with Gasteiger partial charge >= 0.3 is 0 Å². The van der Waals surface area contributed by atoms with Crippen LogP contribution in [0.2, 0.25) is 0 Å². The van der Waals surface area contributed by atoms with Crippen LogP contribution in [0.3, 0.4) is 0 Å². The molecular weight excluding hydrogens is 459 g/mol. The number of morpholine rings is 1. The van der Waals surface area contributed by atoms with E-state index >= 15 is 0 Å². The molecular formula is C28H33FN4O3. The van der Waals surface area contributed by atoms with Gasteiger partial charge in [-0.05, 0) is 31.4 Å². The van der Waals surface area contributed by atoms with Crippen molar-refractivity contribution in [2.24, 2.45) is 11.0 Å². The quantitative estimate of drug-likeness (QED) is 0.567. The number of carbonyl (C=O) groups is 2. The normalized spacial score (nSPS) is 20.3. The van der Waals surface area contributed by atoms with Crippen molar-refractivity contribution in [3.05, 3.63) is 71.0 Å². The van der Waals surface area contributed by atoms with Gasteiger partial charge in [-0.2, -0.15) is 5.10 Å². The maximum atomic E-state index is 14.6. The Morgan fingerprint density at radius 2 is 1.81 bits per heavy atom. The zero-order chi connectivity index (χ0) is 25.1. The van der Waals surface area contributed by atoms with Crippen molar-refractivity contribution in [1.82, 2.24) is 14.8 Å². The van der Waals surface area contributed by atoms with E-state index in [4.69, 9.17) is 4.74 Å². The topological polar surface area (TPSA) is 65.5 Å². The number of hydrazone groups is 1. The highest BCUT2D eigenvalue weighted by Gasteiger charge is 2.38. The van der Waals surface area contributed by atoms with Gasteiger partial charge in [0.1, 0.15) is 12.4 Å². The van der Waals surface area contributed by atoms with Gasteiger partial charge in [0.05, 0.1) is 25.0 Å². The summed E-state index contributed by atoms with van der Waals surface area (Å²) < 4.78 is 20.0. The van der Waals surface area contributed by atoms with Crippen LogP contribution in [0, 0.1) is 18.7 Å². The van der Waals surface area contributed by atoms with Crippen molar-refractivity contribution in [3.8, 4) is 0 Å². The Labute approximate surface area is 211 Å². The van der Waals surface area contributed by atoms with Crippen molar-refractivity contribution in [3.63, 3.8) is 0 Å². The summed E-state index contributed by atoms with van der Waals surface area (Å²) in [6.07, 6.45) is 2.18. The van der Waals surface area contributed by atoms with Gasteiger partial charge in [-0.25, -0.2) is 9.40 Å². The number of nitrogens with zero attached hydrogens (tertiary/aromatic N) is 4. The largest absolute Gasteiger partial charge is 0.379 e. The molecule has 3 aliphatic rings. The van der Waals surface area contributed by atoms with Crippen LogP contribution < -0.4 is 0 Å². The van der Waals surface area contributed by atoms with Crippen LogP contribution in [-0.4, -0.2) is 78.3 Å². The van der Waals surface area contributed by atoms with E-state index in [1.165, 1.54) is 11.1 Å². The van der Waals surface area contributed by atoms with E-state index in [1.54, 1.807) is 23.1 Å². The van der Waals surface area contributed by atoms with Crippen LogP contribution in [0.4, 0.5) is 4.39 Å². The first-order valence-corrected chi connectivity index (χ1v) is 12.8. The third-order valence-corrected chi connectivity index (χ3v) is 7.17. The molecule has 0 N–H and O–H groups in total. The Morgan fingerprint density at radius 3 is 2.50 bits per heavy atom. The number of aryl methyl sites for hydroxylation is 1. The third-order valence-electron chi connectivity index (χ3n) is 7.17. The molecule has 2 aromatic carbocycles. The van der Waals surface area contributed by atoms with Gasteiger partial charge in [0.2, 0.25) is 5.91 Å². The summed E-state index contributed by atoms with van der Waals surface area (Å²) in [4.78, 5) is 30.7. The number of amides is 2. The number of benzene rings is 2. The maximum absolute atomic E-state index is 14.6. The predicted octanol–water partition coefficient (Wildman–Crippen LogP) is 3.38. The van der Waals surface area contributed by atoms with Crippen LogP contribution in [0.15, 0.2) is 53.6 Å². The molecule has 2 aliphatic heterocycles. The van der Waals surface area contributed by atoms with E-state index in [0.717, 1.165) is 37.1 Å². The fourth-order valence-electron chi connectivity index (χ4n) is 4.82. The van der Waals surface area contributed by atoms with Crippen molar-refractivity contribution in [1.29, 1.82) is 0 Å². The summed E-state index contributed by atoms with van der Waals surface area (Å²) in [6, 6.07) is 14.2. The summed E-state index contributed by atoms with van der Waals surface area (Å²) in [5, 5.41) is 6.08. The minimum absolute atomic E-state index is 0.0199. The Kier molecular flexibility index (Phi) is 7.43. The van der Waals surface area contributed by atoms with Gasteiger partial charge in [0, 0.05) is 44.1 Å². The lowest BCUT2D eigenvalue weighted by Gasteiger charge is -2.31. The van der Waals surface area contributed by atoms with Crippen LogP contribution in [0.25, 0.3) is 0 Å². The molecule has 0 bridgehead atoms. The van der Waals surface area contributed by atoms with E-state index < -0.39 is 0 Å². The summed E-state index contributed by atoms with van der Waals surface area (Å²) in [5.74, 6) is -0.542. The zero-order valence-corrected chi connectivity index (χ0v) is 20.7. The number of halogens is 1. The number of ether oxygens (including phenoxy) is 1. The van der Waals surface area contributed by atoms with E-state index in [0.29, 0.717) is 44.0 Å². The second-order valence-corrected chi connectivity index (χ2v) is 9.88. The highest BCUT2D eigenvalue weighted by atomic mass is 19.1. The second kappa shape index (κ2) is 10.9. The first-order chi connectivity index (χ1) is 17.5. The summed E-state index contributed by atoms with van der Waals surface area (Å²) >= 11 is 0. The third kappa shape index (κ3) is 5.65. The number of rotatable bonds is 8. The van der Waals surface area contributed by atoms with Crippen LogP contribution in [-0.2, 0) is 14.3 Å². The number of hydrogen-bond acceptors (Lipinski definition) is 5. The average Bonchev–Trinajstić information content (AvgIpc) is 3.66. The number of carbonyl (C=O) groups excluding carboxylic acids is 2. The highest BCUT2D eigenvalue weighted by molar-refractivity contribution is 6.03. The van der Waals surface area contributed by atoms with Gasteiger partial charge < -0.3 is 9.64 Å². The van der Waals surface area contributed by atoms with E-state index in [1.807, 2.05) is 31.2 Å². The molecule has 190 valence electrons. The van der Waals surface area contributed by atoms with Crippen LogP contribution >= 0.6 is 0 Å². The van der Waals surface area contributed by atoms with Crippen molar-refractivity contribution in [2.45, 2.75) is 32.2 Å². The highest BCUT2D eigenvalue weighted by Crippen LogP contribution is 2.34. The van der Waals surface area contributed by atoms with Crippen molar-refractivity contribution >= 4 is 17.5 Å². The van der Waals surface area contributed by atoms with Crippen molar-refractivity contribution in [2.75, 3.05) is 45.9 Å². The van der Waals surface area contributed by atoms with Gasteiger partial charge in [0.25, 0.3) is 5.91 Å². The second-order valence-electron chi connectivity index (χ2n) is 9.88. The SMILES string of the molecule is Cc1ccc([C@@H]2CC(c3ccccc3F)=NN2C(=O)CN(CCN2CCOCC2)C(=O)C2CC2)cc1. The molecule has 5 rings (SSSR count). The molecule has 1 saturated carbocycles. The molecule has 8 heteroatoms. The molecule has 0 unspecified atom stereocenters. The Balaban J connectivity index is 1.37. The van der Waals surface area contributed by atoms with E-state index in [2.05, 4.69) is 10.0 Å². The monoisotopic (exact) mass is 492 g/mol. The first kappa shape index (κ1) is 24.6. The Bertz CT molecular complexity index is 1130. The molecule has 0 aromatic heterocycles. The predicted molar refractivity (Wildman–Crippen MR) is 135 cm³/mol. The zero-order valence-electron chi connectivity index (χ0n) is 20.7. The molecule has 1 aliphatic carbocycles. The van der Waals surface area contributed by atoms with Gasteiger partial charge in [-0.3, -0.25) is 14.5 Å². The summed E-state index contributed by atoms with van der Waals surface area (Å²) in [6.45, 7) is 6.22. The number of hydrogen-bond donors (Lipinski definition) is 0. The minimum atomic E-state index is -0.357. The van der Waals surface area contributed by atoms with E-state index in [9.17, 15) is 14.0 Å². The molecule has 7 nitrogen and oxygen atoms in total. The smallest absolute Gasteiger partial charge is 0.262 e. The van der Waals surface area contributed by atoms with Crippen LogP contribution in [0.1, 0.15) is 42.0 Å². The minimum Gasteiger partial charge on any atom is -0.379 e. The molecule has 0 spiro atoms. The average molecular weight is 493 g/mol. The van der Waals surface area contributed by atoms with Gasteiger partial charge in [0.15, 0.2) is 0 Å². The van der Waals surface area contributed by atoms with Gasteiger partial charge in [-0.1, -0.05) is 48.0 Å². The van der Waals surface area contributed by atoms with Crippen LogP contribution in [0.5, 0.6) is 0 Å². The molecule has 1 saturated heterocycles. The Hall–Kier alpha value is -3.10. The van der Waals surface area contributed by atoms with Gasteiger partial charge in [-0.15, -0.1) is 0 Å². The molecule has 0 radical (unpaired) electrons. The molecule has 2 amide bonds. The molecule has 36 heavy (non-hydrogen) atoms. The summed E-state index contributed by atoms with van der Waals surface area (Å²) in [7, 11) is 0. The first-order valence-electron chi connectivity index (χ1n) is 12.8. The Morgan fingerprint density at radius 1 is 1.08 bits per heavy atom.